The summed E-state index contributed by atoms with van der Waals surface area (Å²) in [6, 6.07) is 4.31. The number of hydrogen-bond donors (Lipinski definition) is 0. The van der Waals surface area contributed by atoms with Crippen LogP contribution in [0.3, 0.4) is 0 Å². The lowest BCUT2D eigenvalue weighted by Gasteiger charge is -2.24. The van der Waals surface area contributed by atoms with Crippen molar-refractivity contribution in [3.63, 3.8) is 0 Å². The average molecular weight is 272 g/mol. The van der Waals surface area contributed by atoms with E-state index in [0.29, 0.717) is 0 Å². The lowest BCUT2D eigenvalue weighted by Crippen LogP contribution is -2.43. The van der Waals surface area contributed by atoms with Gasteiger partial charge in [-0.25, -0.2) is 0 Å². The van der Waals surface area contributed by atoms with Crippen LogP contribution >= 0.6 is 11.6 Å². The minimum absolute atomic E-state index is 0.00944. The van der Waals surface area contributed by atoms with Gasteiger partial charge in [-0.15, -0.1) is 11.6 Å². The van der Waals surface area contributed by atoms with Crippen LogP contribution in [0, 0.1) is 10.1 Å². The van der Waals surface area contributed by atoms with Gasteiger partial charge in [0.2, 0.25) is 0 Å². The highest BCUT2D eigenvalue weighted by molar-refractivity contribution is 6.31. The Bertz CT molecular complexity index is 486. The molecule has 0 aliphatic heterocycles. The molecule has 18 heavy (non-hydrogen) atoms. The number of hydrogen-bond acceptors (Lipinski definition) is 6. The van der Waals surface area contributed by atoms with Crippen LogP contribution in [0.5, 0.6) is 0 Å². The largest absolute Gasteiger partial charge is 0.549 e. The van der Waals surface area contributed by atoms with Gasteiger partial charge in [-0.1, -0.05) is 12.1 Å². The summed E-state index contributed by atoms with van der Waals surface area (Å²) in [6.07, 6.45) is 0. The van der Waals surface area contributed by atoms with Gasteiger partial charge < -0.3 is 19.8 Å². The van der Waals surface area contributed by atoms with E-state index in [1.54, 1.807) is 0 Å². The molecule has 0 fully saturated rings. The van der Waals surface area contributed by atoms with Crippen LogP contribution in [0.4, 0.5) is 5.69 Å². The number of nitro groups is 1. The van der Waals surface area contributed by atoms with E-state index >= 15 is 0 Å². The molecular formula is C10H6ClNO6-2. The summed E-state index contributed by atoms with van der Waals surface area (Å²) in [5.74, 6) is -5.10. The van der Waals surface area contributed by atoms with E-state index in [2.05, 4.69) is 0 Å². The molecule has 1 aromatic rings. The maximum atomic E-state index is 10.8. The van der Waals surface area contributed by atoms with Crippen molar-refractivity contribution < 1.29 is 24.7 Å². The fourth-order valence-electron chi connectivity index (χ4n) is 1.36. The van der Waals surface area contributed by atoms with Gasteiger partial charge in [-0.05, 0) is 5.56 Å². The normalized spacial score (nSPS) is 13.6. The van der Waals surface area contributed by atoms with E-state index in [0.717, 1.165) is 24.3 Å². The molecule has 0 radical (unpaired) electrons. The molecule has 96 valence electrons. The Morgan fingerprint density at radius 1 is 1.11 bits per heavy atom. The van der Waals surface area contributed by atoms with Crippen molar-refractivity contribution in [1.29, 1.82) is 0 Å². The van der Waals surface area contributed by atoms with E-state index in [1.807, 2.05) is 0 Å². The van der Waals surface area contributed by atoms with Crippen molar-refractivity contribution in [2.45, 2.75) is 11.3 Å². The molecule has 0 N–H and O–H groups in total. The number of carbonyl (C=O) groups is 2. The fourth-order valence-corrected chi connectivity index (χ4v) is 1.61. The predicted octanol–water partition coefficient (Wildman–Crippen LogP) is -1.21. The van der Waals surface area contributed by atoms with E-state index in [4.69, 9.17) is 11.6 Å². The highest BCUT2D eigenvalue weighted by Crippen LogP contribution is 2.25. The average Bonchev–Trinajstić information content (AvgIpc) is 2.29. The standard InChI is InChI=1S/C10H8ClNO6/c11-8(10(15)16)7(9(13)14)5-1-3-6(4-2-5)12(17)18/h1-4,7-8H,(H,13,14)(H,15,16)/p-2/t7-,8+/m0/s1. The second-order valence-electron chi connectivity index (χ2n) is 3.37. The third kappa shape index (κ3) is 2.95. The van der Waals surface area contributed by atoms with Gasteiger partial charge in [0.1, 0.15) is 0 Å². The molecule has 0 heterocycles. The molecule has 0 unspecified atom stereocenters. The zero-order valence-corrected chi connectivity index (χ0v) is 9.49. The summed E-state index contributed by atoms with van der Waals surface area (Å²) < 4.78 is 0. The van der Waals surface area contributed by atoms with Crippen molar-refractivity contribution in [1.82, 2.24) is 0 Å². The number of halogens is 1. The van der Waals surface area contributed by atoms with Crippen LogP contribution in [0.2, 0.25) is 0 Å². The molecule has 7 nitrogen and oxygen atoms in total. The smallest absolute Gasteiger partial charge is 0.269 e. The molecular weight excluding hydrogens is 266 g/mol. The minimum Gasteiger partial charge on any atom is -0.549 e. The van der Waals surface area contributed by atoms with Gasteiger partial charge in [0.15, 0.2) is 0 Å². The summed E-state index contributed by atoms with van der Waals surface area (Å²) in [6.45, 7) is 0. The number of non-ortho nitro benzene ring substituents is 1. The summed E-state index contributed by atoms with van der Waals surface area (Å²) in [4.78, 5) is 31.1. The van der Waals surface area contributed by atoms with Crippen molar-refractivity contribution in [3.8, 4) is 0 Å². The van der Waals surface area contributed by atoms with Gasteiger partial charge in [-0.3, -0.25) is 10.1 Å². The highest BCUT2D eigenvalue weighted by Gasteiger charge is 2.24. The lowest BCUT2D eigenvalue weighted by molar-refractivity contribution is -0.384. The molecule has 1 rings (SSSR count). The predicted molar refractivity (Wildman–Crippen MR) is 55.5 cm³/mol. The first-order chi connectivity index (χ1) is 8.34. The molecule has 0 amide bonds. The van der Waals surface area contributed by atoms with Crippen LogP contribution in [0.15, 0.2) is 24.3 Å². The molecule has 0 saturated carbocycles. The van der Waals surface area contributed by atoms with Gasteiger partial charge in [0.25, 0.3) is 5.69 Å². The fraction of sp³-hybridized carbons (Fsp3) is 0.200. The maximum absolute atomic E-state index is 10.8. The van der Waals surface area contributed by atoms with Crippen molar-refractivity contribution in [2.24, 2.45) is 0 Å². The Morgan fingerprint density at radius 3 is 1.94 bits per heavy atom. The topological polar surface area (TPSA) is 123 Å². The van der Waals surface area contributed by atoms with E-state index < -0.39 is 28.2 Å². The number of rotatable bonds is 5. The Kier molecular flexibility index (Phi) is 4.22. The van der Waals surface area contributed by atoms with Crippen LogP contribution in [0.1, 0.15) is 11.5 Å². The number of carboxylic acids is 2. The molecule has 0 saturated heterocycles. The van der Waals surface area contributed by atoms with Crippen LogP contribution in [-0.4, -0.2) is 22.2 Å². The number of carbonyl (C=O) groups excluding carboxylic acids is 2. The third-order valence-corrected chi connectivity index (χ3v) is 2.66. The van der Waals surface area contributed by atoms with Crippen LogP contribution in [0.25, 0.3) is 0 Å². The molecule has 0 spiro atoms. The van der Waals surface area contributed by atoms with E-state index in [-0.39, 0.29) is 11.3 Å². The zero-order chi connectivity index (χ0) is 13.9. The number of benzene rings is 1. The maximum Gasteiger partial charge on any atom is 0.269 e. The number of aliphatic carboxylic acids is 2. The number of alkyl halides is 1. The van der Waals surface area contributed by atoms with E-state index in [9.17, 15) is 29.9 Å². The van der Waals surface area contributed by atoms with Crippen molar-refractivity contribution >= 4 is 29.2 Å². The summed E-state index contributed by atoms with van der Waals surface area (Å²) in [5.41, 5.74) is -0.264. The molecule has 1 aromatic carbocycles. The Labute approximate surface area is 106 Å². The monoisotopic (exact) mass is 271 g/mol. The second-order valence-corrected chi connectivity index (χ2v) is 3.84. The molecule has 0 aliphatic carbocycles. The Hall–Kier alpha value is -2.15. The number of nitro benzene ring substituents is 1. The molecule has 2 atom stereocenters. The van der Waals surface area contributed by atoms with Gasteiger partial charge >= 0.3 is 0 Å². The van der Waals surface area contributed by atoms with Crippen LogP contribution < -0.4 is 10.2 Å². The Balaban J connectivity index is 3.11. The highest BCUT2D eigenvalue weighted by atomic mass is 35.5. The number of nitrogens with zero attached hydrogens (tertiary/aromatic N) is 1. The van der Waals surface area contributed by atoms with Gasteiger partial charge in [-0.2, -0.15) is 0 Å². The van der Waals surface area contributed by atoms with Crippen LogP contribution in [-0.2, 0) is 9.59 Å². The van der Waals surface area contributed by atoms with Gasteiger partial charge in [0.05, 0.1) is 22.2 Å². The zero-order valence-electron chi connectivity index (χ0n) is 8.74. The van der Waals surface area contributed by atoms with E-state index in [1.165, 1.54) is 0 Å². The van der Waals surface area contributed by atoms with Crippen molar-refractivity contribution in [3.05, 3.63) is 39.9 Å². The molecule has 0 bridgehead atoms. The first-order valence-electron chi connectivity index (χ1n) is 4.64. The minimum atomic E-state index is -1.82. The summed E-state index contributed by atoms with van der Waals surface area (Å²) >= 11 is 5.40. The summed E-state index contributed by atoms with van der Waals surface area (Å²) in [5, 5.41) is 30.0. The summed E-state index contributed by atoms with van der Waals surface area (Å²) in [7, 11) is 0. The first-order valence-corrected chi connectivity index (χ1v) is 5.08. The molecule has 0 aromatic heterocycles. The molecule has 8 heteroatoms. The second kappa shape index (κ2) is 5.46. The quantitative estimate of drug-likeness (QED) is 0.376. The SMILES string of the molecule is O=C([O-])[C@H](Cl)[C@@H](C(=O)[O-])c1ccc([N+](=O)[O-])cc1. The molecule has 0 aliphatic rings. The number of carboxylic acid groups (broad SMARTS) is 2. The first kappa shape index (κ1) is 13.9. The Morgan fingerprint density at radius 2 is 1.61 bits per heavy atom. The van der Waals surface area contributed by atoms with Gasteiger partial charge in [0, 0.05) is 18.1 Å². The lowest BCUT2D eigenvalue weighted by atomic mass is 9.95. The van der Waals surface area contributed by atoms with Crippen molar-refractivity contribution in [2.75, 3.05) is 0 Å². The third-order valence-electron chi connectivity index (χ3n) is 2.23.